The summed E-state index contributed by atoms with van der Waals surface area (Å²) >= 11 is 6.96. The fourth-order valence-electron chi connectivity index (χ4n) is 1.74. The third-order valence-corrected chi connectivity index (χ3v) is 3.90. The Bertz CT molecular complexity index is 584. The second kappa shape index (κ2) is 7.25. The van der Waals surface area contributed by atoms with Gasteiger partial charge in [0.05, 0.1) is 4.47 Å². The minimum absolute atomic E-state index is 0.447. The van der Waals surface area contributed by atoms with Crippen LogP contribution in [0.5, 0.6) is 11.5 Å². The maximum Gasteiger partial charge on any atom is 0.141 e. The van der Waals surface area contributed by atoms with Crippen molar-refractivity contribution < 1.29 is 4.74 Å². The van der Waals surface area contributed by atoms with E-state index < -0.39 is 0 Å². The van der Waals surface area contributed by atoms with E-state index in [4.69, 9.17) is 4.74 Å². The monoisotopic (exact) mass is 397 g/mol. The summed E-state index contributed by atoms with van der Waals surface area (Å²) in [4.78, 5) is 0. The second-order valence-electron chi connectivity index (χ2n) is 4.82. The molecule has 0 aliphatic heterocycles. The van der Waals surface area contributed by atoms with Gasteiger partial charge in [-0.05, 0) is 40.2 Å². The van der Waals surface area contributed by atoms with Crippen molar-refractivity contribution in [3.05, 3.63) is 57.0 Å². The molecule has 0 aliphatic carbocycles. The molecule has 2 aromatic rings. The Hall–Kier alpha value is -0.840. The third-order valence-electron chi connectivity index (χ3n) is 2.79. The molecule has 0 unspecified atom stereocenters. The van der Waals surface area contributed by atoms with Gasteiger partial charge < -0.3 is 10.1 Å². The van der Waals surface area contributed by atoms with Gasteiger partial charge in [-0.2, -0.15) is 0 Å². The van der Waals surface area contributed by atoms with Crippen molar-refractivity contribution in [3.8, 4) is 11.5 Å². The van der Waals surface area contributed by atoms with Gasteiger partial charge in [0.25, 0.3) is 0 Å². The number of halogens is 2. The van der Waals surface area contributed by atoms with Crippen LogP contribution in [0.25, 0.3) is 0 Å². The van der Waals surface area contributed by atoms with Gasteiger partial charge in [0.1, 0.15) is 11.5 Å². The van der Waals surface area contributed by atoms with Crippen LogP contribution in [0.3, 0.4) is 0 Å². The number of benzene rings is 2. The Balaban J connectivity index is 2.20. The van der Waals surface area contributed by atoms with Gasteiger partial charge in [-0.1, -0.05) is 48.0 Å². The van der Waals surface area contributed by atoms with Gasteiger partial charge in [-0.15, -0.1) is 0 Å². The Morgan fingerprint density at radius 3 is 2.50 bits per heavy atom. The second-order valence-corrected chi connectivity index (χ2v) is 6.59. The molecule has 0 aromatic heterocycles. The molecular formula is C16H17Br2NO. The van der Waals surface area contributed by atoms with E-state index in [1.165, 1.54) is 0 Å². The van der Waals surface area contributed by atoms with Gasteiger partial charge in [-0.25, -0.2) is 0 Å². The third kappa shape index (κ3) is 4.33. The Morgan fingerprint density at radius 1 is 1.05 bits per heavy atom. The average Bonchev–Trinajstić information content (AvgIpc) is 2.41. The molecule has 106 valence electrons. The first-order chi connectivity index (χ1) is 9.56. The van der Waals surface area contributed by atoms with Crippen LogP contribution < -0.4 is 10.1 Å². The van der Waals surface area contributed by atoms with E-state index in [0.717, 1.165) is 32.6 Å². The van der Waals surface area contributed by atoms with Crippen molar-refractivity contribution >= 4 is 31.9 Å². The summed E-state index contributed by atoms with van der Waals surface area (Å²) in [5, 5.41) is 3.41. The smallest absolute Gasteiger partial charge is 0.141 e. The van der Waals surface area contributed by atoms with Crippen LogP contribution in [0.2, 0.25) is 0 Å². The molecule has 0 saturated carbocycles. The van der Waals surface area contributed by atoms with Crippen molar-refractivity contribution in [2.45, 2.75) is 26.4 Å². The number of para-hydroxylation sites is 1. The molecule has 0 heterocycles. The number of ether oxygens (including phenoxy) is 1. The van der Waals surface area contributed by atoms with E-state index in [9.17, 15) is 0 Å². The highest BCUT2D eigenvalue weighted by atomic mass is 79.9. The van der Waals surface area contributed by atoms with Crippen LogP contribution in [0.15, 0.2) is 51.4 Å². The highest BCUT2D eigenvalue weighted by molar-refractivity contribution is 9.11. The van der Waals surface area contributed by atoms with Crippen molar-refractivity contribution in [2.24, 2.45) is 0 Å². The molecule has 0 spiro atoms. The van der Waals surface area contributed by atoms with E-state index in [1.807, 2.05) is 36.4 Å². The molecule has 2 nitrogen and oxygen atoms in total. The van der Waals surface area contributed by atoms with Crippen LogP contribution >= 0.6 is 31.9 Å². The summed E-state index contributed by atoms with van der Waals surface area (Å²) in [5.74, 6) is 1.69. The van der Waals surface area contributed by atoms with E-state index in [-0.39, 0.29) is 0 Å². The molecule has 1 N–H and O–H groups in total. The predicted molar refractivity (Wildman–Crippen MR) is 90.3 cm³/mol. The standard InChI is InChI=1S/C16H17Br2NO/c1-11(2)19-10-12-5-3-4-6-15(12)20-16-8-7-13(17)9-14(16)18/h3-9,11,19H,10H2,1-2H3. The first kappa shape index (κ1) is 15.5. The predicted octanol–water partition coefficient (Wildman–Crippen LogP) is 5.50. The summed E-state index contributed by atoms with van der Waals surface area (Å²) < 4.78 is 7.97. The number of rotatable bonds is 5. The summed E-state index contributed by atoms with van der Waals surface area (Å²) in [6.07, 6.45) is 0. The highest BCUT2D eigenvalue weighted by Crippen LogP contribution is 2.33. The molecule has 0 atom stereocenters. The van der Waals surface area contributed by atoms with Gasteiger partial charge in [0, 0.05) is 22.6 Å². The van der Waals surface area contributed by atoms with Gasteiger partial charge in [0.15, 0.2) is 0 Å². The number of hydrogen-bond donors (Lipinski definition) is 1. The molecule has 0 aliphatic rings. The molecule has 2 aromatic carbocycles. The van der Waals surface area contributed by atoms with E-state index in [1.54, 1.807) is 0 Å². The van der Waals surface area contributed by atoms with Crippen LogP contribution in [0.1, 0.15) is 19.4 Å². The lowest BCUT2D eigenvalue weighted by atomic mass is 10.2. The van der Waals surface area contributed by atoms with Crippen LogP contribution in [0, 0.1) is 0 Å². The minimum Gasteiger partial charge on any atom is -0.456 e. The Kier molecular flexibility index (Phi) is 5.64. The van der Waals surface area contributed by atoms with Gasteiger partial charge >= 0.3 is 0 Å². The fraction of sp³-hybridized carbons (Fsp3) is 0.250. The Morgan fingerprint density at radius 2 is 1.80 bits per heavy atom. The molecule has 0 fully saturated rings. The first-order valence-corrected chi connectivity index (χ1v) is 8.09. The lowest BCUT2D eigenvalue weighted by Gasteiger charge is -2.14. The summed E-state index contributed by atoms with van der Waals surface area (Å²) in [5.41, 5.74) is 1.15. The topological polar surface area (TPSA) is 21.3 Å². The van der Waals surface area contributed by atoms with Crippen LogP contribution in [-0.2, 0) is 6.54 Å². The molecule has 4 heteroatoms. The quantitative estimate of drug-likeness (QED) is 0.717. The lowest BCUT2D eigenvalue weighted by Crippen LogP contribution is -2.22. The number of hydrogen-bond acceptors (Lipinski definition) is 2. The SMILES string of the molecule is CC(C)NCc1ccccc1Oc1ccc(Br)cc1Br. The van der Waals surface area contributed by atoms with Gasteiger partial charge in [-0.3, -0.25) is 0 Å². The van der Waals surface area contributed by atoms with E-state index >= 15 is 0 Å². The summed E-state index contributed by atoms with van der Waals surface area (Å²) in [7, 11) is 0. The molecular weight excluding hydrogens is 382 g/mol. The zero-order chi connectivity index (χ0) is 14.5. The van der Waals surface area contributed by atoms with Crippen molar-refractivity contribution in [1.82, 2.24) is 5.32 Å². The normalized spacial score (nSPS) is 10.8. The molecule has 0 saturated heterocycles. The van der Waals surface area contributed by atoms with Crippen molar-refractivity contribution in [1.29, 1.82) is 0 Å². The lowest BCUT2D eigenvalue weighted by molar-refractivity contribution is 0.466. The molecule has 0 amide bonds. The molecule has 2 rings (SSSR count). The largest absolute Gasteiger partial charge is 0.456 e. The maximum atomic E-state index is 6.02. The first-order valence-electron chi connectivity index (χ1n) is 6.50. The highest BCUT2D eigenvalue weighted by Gasteiger charge is 2.07. The van der Waals surface area contributed by atoms with Crippen molar-refractivity contribution in [2.75, 3.05) is 0 Å². The van der Waals surface area contributed by atoms with Crippen molar-refractivity contribution in [3.63, 3.8) is 0 Å². The number of nitrogens with one attached hydrogen (secondary N) is 1. The zero-order valence-electron chi connectivity index (χ0n) is 11.5. The van der Waals surface area contributed by atoms with Crippen LogP contribution in [-0.4, -0.2) is 6.04 Å². The molecule has 20 heavy (non-hydrogen) atoms. The Labute approximate surface area is 136 Å². The van der Waals surface area contributed by atoms with Crippen LogP contribution in [0.4, 0.5) is 0 Å². The van der Waals surface area contributed by atoms with Gasteiger partial charge in [0.2, 0.25) is 0 Å². The van der Waals surface area contributed by atoms with E-state index in [2.05, 4.69) is 57.1 Å². The van der Waals surface area contributed by atoms with E-state index in [0.29, 0.717) is 6.04 Å². The molecule has 0 radical (unpaired) electrons. The molecule has 0 bridgehead atoms. The minimum atomic E-state index is 0.447. The maximum absolute atomic E-state index is 6.02. The summed E-state index contributed by atoms with van der Waals surface area (Å²) in [6, 6.07) is 14.4. The average molecular weight is 399 g/mol. The fourth-order valence-corrected chi connectivity index (χ4v) is 2.87. The summed E-state index contributed by atoms with van der Waals surface area (Å²) in [6.45, 7) is 5.06. The zero-order valence-corrected chi connectivity index (χ0v) is 14.7.